The first kappa shape index (κ1) is 6.95. The fourth-order valence-electron chi connectivity index (χ4n) is 1.33. The third-order valence-corrected chi connectivity index (χ3v) is 2.16. The van der Waals surface area contributed by atoms with Gasteiger partial charge in [-0.1, -0.05) is 11.6 Å². The number of fused-ring (bicyclic) bond motifs is 1. The van der Waals surface area contributed by atoms with Gasteiger partial charge in [-0.3, -0.25) is 0 Å². The summed E-state index contributed by atoms with van der Waals surface area (Å²) in [6, 6.07) is 5.85. The lowest BCUT2D eigenvalue weighted by Gasteiger charge is -2.01. The van der Waals surface area contributed by atoms with Crippen LogP contribution in [0.15, 0.2) is 18.2 Å². The lowest BCUT2D eigenvalue weighted by atomic mass is 10.1. The monoisotopic (exact) mass is 168 g/mol. The van der Waals surface area contributed by atoms with Gasteiger partial charge in [0.2, 0.25) is 0 Å². The van der Waals surface area contributed by atoms with Gasteiger partial charge in [0, 0.05) is 23.3 Å². The van der Waals surface area contributed by atoms with Gasteiger partial charge in [-0.2, -0.15) is 0 Å². The molecule has 1 aromatic carbocycles. The topological polar surface area (TPSA) is 38.0 Å². The van der Waals surface area contributed by atoms with Crippen LogP contribution in [0.1, 0.15) is 11.6 Å². The average Bonchev–Trinajstić information content (AvgIpc) is 2.33. The standard InChI is InChI=1S/C8H9ClN2/c9-5-1-2-8-6(3-5)7(10)4-11-8/h1-3,7,11H,4,10H2. The predicted octanol–water partition coefficient (Wildman–Crippen LogP) is 1.77. The molecule has 0 fully saturated rings. The van der Waals surface area contributed by atoms with Crippen LogP contribution in [-0.4, -0.2) is 6.54 Å². The van der Waals surface area contributed by atoms with Crippen molar-refractivity contribution in [1.82, 2.24) is 0 Å². The lowest BCUT2D eigenvalue weighted by molar-refractivity contribution is 0.808. The molecule has 0 aliphatic carbocycles. The molecule has 1 aliphatic rings. The Bertz CT molecular complexity index is 285. The number of rotatable bonds is 0. The van der Waals surface area contributed by atoms with Gasteiger partial charge in [-0.25, -0.2) is 0 Å². The Morgan fingerprint density at radius 2 is 2.36 bits per heavy atom. The van der Waals surface area contributed by atoms with Crippen molar-refractivity contribution in [2.75, 3.05) is 11.9 Å². The first-order valence-electron chi connectivity index (χ1n) is 3.56. The Morgan fingerprint density at radius 1 is 1.55 bits per heavy atom. The van der Waals surface area contributed by atoms with Crippen LogP contribution in [0.2, 0.25) is 5.02 Å². The Hall–Kier alpha value is -0.730. The van der Waals surface area contributed by atoms with Gasteiger partial charge in [0.25, 0.3) is 0 Å². The minimum absolute atomic E-state index is 0.101. The van der Waals surface area contributed by atoms with Gasteiger partial charge in [0.05, 0.1) is 0 Å². The van der Waals surface area contributed by atoms with E-state index in [1.54, 1.807) is 0 Å². The SMILES string of the molecule is NC1CNc2ccc(Cl)cc21. The molecule has 0 saturated carbocycles. The molecule has 0 saturated heterocycles. The van der Waals surface area contributed by atoms with E-state index in [0.29, 0.717) is 0 Å². The van der Waals surface area contributed by atoms with Gasteiger partial charge in [-0.05, 0) is 23.8 Å². The number of nitrogens with two attached hydrogens (primary N) is 1. The lowest BCUT2D eigenvalue weighted by Crippen LogP contribution is -2.11. The van der Waals surface area contributed by atoms with Crippen LogP contribution in [0.5, 0.6) is 0 Å². The van der Waals surface area contributed by atoms with Gasteiger partial charge >= 0.3 is 0 Å². The van der Waals surface area contributed by atoms with E-state index in [4.69, 9.17) is 17.3 Å². The highest BCUT2D eigenvalue weighted by Crippen LogP contribution is 2.30. The van der Waals surface area contributed by atoms with Crippen LogP contribution in [0.4, 0.5) is 5.69 Å². The largest absolute Gasteiger partial charge is 0.383 e. The highest BCUT2D eigenvalue weighted by molar-refractivity contribution is 6.30. The zero-order chi connectivity index (χ0) is 7.84. The molecule has 0 radical (unpaired) electrons. The van der Waals surface area contributed by atoms with Crippen molar-refractivity contribution >= 4 is 17.3 Å². The van der Waals surface area contributed by atoms with Crippen LogP contribution in [0.3, 0.4) is 0 Å². The second-order valence-electron chi connectivity index (χ2n) is 2.72. The summed E-state index contributed by atoms with van der Waals surface area (Å²) in [4.78, 5) is 0. The molecule has 2 rings (SSSR count). The van der Waals surface area contributed by atoms with Crippen molar-refractivity contribution in [1.29, 1.82) is 0 Å². The molecule has 11 heavy (non-hydrogen) atoms. The van der Waals surface area contributed by atoms with Gasteiger partial charge in [-0.15, -0.1) is 0 Å². The highest BCUT2D eigenvalue weighted by Gasteiger charge is 2.17. The average molecular weight is 169 g/mol. The predicted molar refractivity (Wildman–Crippen MR) is 46.9 cm³/mol. The summed E-state index contributed by atoms with van der Waals surface area (Å²) in [7, 11) is 0. The number of nitrogens with one attached hydrogen (secondary N) is 1. The van der Waals surface area contributed by atoms with E-state index in [0.717, 1.165) is 22.8 Å². The molecule has 1 aromatic rings. The maximum absolute atomic E-state index is 5.81. The van der Waals surface area contributed by atoms with E-state index in [9.17, 15) is 0 Å². The molecular formula is C8H9ClN2. The van der Waals surface area contributed by atoms with Crippen molar-refractivity contribution < 1.29 is 0 Å². The minimum atomic E-state index is 0.101. The Labute approximate surface area is 70.3 Å². The smallest absolute Gasteiger partial charge is 0.0491 e. The normalized spacial score (nSPS) is 21.1. The maximum Gasteiger partial charge on any atom is 0.0491 e. The molecular weight excluding hydrogens is 160 g/mol. The first-order valence-corrected chi connectivity index (χ1v) is 3.94. The van der Waals surface area contributed by atoms with E-state index >= 15 is 0 Å². The molecule has 3 heteroatoms. The third-order valence-electron chi connectivity index (χ3n) is 1.93. The summed E-state index contributed by atoms with van der Waals surface area (Å²) in [5, 5.41) is 3.95. The molecule has 0 bridgehead atoms. The van der Waals surface area contributed by atoms with E-state index in [1.807, 2.05) is 18.2 Å². The zero-order valence-electron chi connectivity index (χ0n) is 5.97. The summed E-state index contributed by atoms with van der Waals surface area (Å²) >= 11 is 5.81. The van der Waals surface area contributed by atoms with Crippen LogP contribution in [-0.2, 0) is 0 Å². The molecule has 0 spiro atoms. The van der Waals surface area contributed by atoms with Gasteiger partial charge in [0.15, 0.2) is 0 Å². The Morgan fingerprint density at radius 3 is 3.18 bits per heavy atom. The summed E-state index contributed by atoms with van der Waals surface area (Å²) in [5.74, 6) is 0. The summed E-state index contributed by atoms with van der Waals surface area (Å²) in [6.07, 6.45) is 0. The fraction of sp³-hybridized carbons (Fsp3) is 0.250. The fourth-order valence-corrected chi connectivity index (χ4v) is 1.51. The molecule has 0 amide bonds. The summed E-state index contributed by atoms with van der Waals surface area (Å²) in [5.41, 5.74) is 8.03. The molecule has 2 nitrogen and oxygen atoms in total. The highest BCUT2D eigenvalue weighted by atomic mass is 35.5. The number of anilines is 1. The third kappa shape index (κ3) is 1.08. The van der Waals surface area contributed by atoms with Crippen LogP contribution >= 0.6 is 11.6 Å². The van der Waals surface area contributed by atoms with Crippen LogP contribution < -0.4 is 11.1 Å². The minimum Gasteiger partial charge on any atom is -0.383 e. The number of hydrogen-bond acceptors (Lipinski definition) is 2. The van der Waals surface area contributed by atoms with E-state index in [2.05, 4.69) is 5.32 Å². The molecule has 3 N–H and O–H groups in total. The van der Waals surface area contributed by atoms with Crippen molar-refractivity contribution in [3.8, 4) is 0 Å². The molecule has 58 valence electrons. The van der Waals surface area contributed by atoms with E-state index in [-0.39, 0.29) is 6.04 Å². The quantitative estimate of drug-likeness (QED) is 0.620. The Balaban J connectivity index is 2.52. The van der Waals surface area contributed by atoms with Crippen molar-refractivity contribution in [3.05, 3.63) is 28.8 Å². The Kier molecular flexibility index (Phi) is 1.51. The van der Waals surface area contributed by atoms with E-state index in [1.165, 1.54) is 0 Å². The molecule has 0 aromatic heterocycles. The molecule has 1 aliphatic heterocycles. The zero-order valence-corrected chi connectivity index (χ0v) is 6.73. The number of benzene rings is 1. The summed E-state index contributed by atoms with van der Waals surface area (Å²) < 4.78 is 0. The van der Waals surface area contributed by atoms with Gasteiger partial charge in [0.1, 0.15) is 0 Å². The number of halogens is 1. The molecule has 1 heterocycles. The van der Waals surface area contributed by atoms with Gasteiger partial charge < -0.3 is 11.1 Å². The maximum atomic E-state index is 5.81. The summed E-state index contributed by atoms with van der Waals surface area (Å²) in [6.45, 7) is 0.815. The van der Waals surface area contributed by atoms with E-state index < -0.39 is 0 Å². The second kappa shape index (κ2) is 2.40. The van der Waals surface area contributed by atoms with Crippen molar-refractivity contribution in [2.24, 2.45) is 5.73 Å². The molecule has 1 atom stereocenters. The molecule has 1 unspecified atom stereocenters. The first-order chi connectivity index (χ1) is 5.27. The van der Waals surface area contributed by atoms with Crippen LogP contribution in [0, 0.1) is 0 Å². The van der Waals surface area contributed by atoms with Crippen LogP contribution in [0.25, 0.3) is 0 Å². The van der Waals surface area contributed by atoms with Crippen molar-refractivity contribution in [2.45, 2.75) is 6.04 Å². The number of hydrogen-bond donors (Lipinski definition) is 2. The van der Waals surface area contributed by atoms with Crippen molar-refractivity contribution in [3.63, 3.8) is 0 Å². The second-order valence-corrected chi connectivity index (χ2v) is 3.16.